The number of piperazine rings is 1. The molecule has 8 heteroatoms. The van der Waals surface area contributed by atoms with Gasteiger partial charge >= 0.3 is 0 Å². The quantitative estimate of drug-likeness (QED) is 0.790. The van der Waals surface area contributed by atoms with E-state index in [2.05, 4.69) is 22.2 Å². The Morgan fingerprint density at radius 2 is 1.77 bits per heavy atom. The number of carbonyl (C=O) groups excluding carboxylic acids is 1. The lowest BCUT2D eigenvalue weighted by Crippen LogP contribution is -2.44. The zero-order chi connectivity index (χ0) is 18.0. The average Bonchev–Trinajstić information content (AvgIpc) is 2.58. The van der Waals surface area contributed by atoms with Gasteiger partial charge in [-0.1, -0.05) is 23.2 Å². The van der Waals surface area contributed by atoms with Crippen molar-refractivity contribution < 1.29 is 9.90 Å². The molecule has 1 saturated heterocycles. The van der Waals surface area contributed by atoms with Gasteiger partial charge in [0.1, 0.15) is 5.75 Å². The van der Waals surface area contributed by atoms with E-state index in [1.807, 2.05) is 6.07 Å². The molecule has 26 heavy (non-hydrogen) atoms. The van der Waals surface area contributed by atoms with E-state index >= 15 is 0 Å². The van der Waals surface area contributed by atoms with Crippen LogP contribution in [0.25, 0.3) is 0 Å². The first-order valence-corrected chi connectivity index (χ1v) is 8.72. The first-order chi connectivity index (χ1) is 11.9. The van der Waals surface area contributed by atoms with E-state index in [-0.39, 0.29) is 23.7 Å². The van der Waals surface area contributed by atoms with Crippen molar-refractivity contribution in [3.8, 4) is 5.75 Å². The van der Waals surface area contributed by atoms with Gasteiger partial charge in [-0.2, -0.15) is 0 Å². The number of phenolic OH excluding ortho intramolecular Hbond substituents is 1. The van der Waals surface area contributed by atoms with Crippen LogP contribution in [0, 0.1) is 0 Å². The number of halogens is 3. The van der Waals surface area contributed by atoms with Crippen LogP contribution in [0.2, 0.25) is 10.0 Å². The topological polar surface area (TPSA) is 55.8 Å². The molecule has 0 spiro atoms. The summed E-state index contributed by atoms with van der Waals surface area (Å²) < 4.78 is 0. The number of anilines is 2. The molecule has 0 saturated carbocycles. The van der Waals surface area contributed by atoms with Crippen LogP contribution in [-0.4, -0.2) is 49.1 Å². The largest absolute Gasteiger partial charge is 0.507 e. The SMILES string of the molecule is CN1CCN(c2ccc(NC(=O)c3cc(Cl)ccc3O)cc2Cl)CC1.Cl. The van der Waals surface area contributed by atoms with Gasteiger partial charge in [0, 0.05) is 36.9 Å². The highest BCUT2D eigenvalue weighted by Crippen LogP contribution is 2.30. The Labute approximate surface area is 168 Å². The number of carbonyl (C=O) groups is 1. The van der Waals surface area contributed by atoms with Crippen molar-refractivity contribution in [1.29, 1.82) is 0 Å². The maximum atomic E-state index is 12.3. The van der Waals surface area contributed by atoms with Gasteiger partial charge < -0.3 is 20.2 Å². The number of nitrogens with zero attached hydrogens (tertiary/aromatic N) is 2. The van der Waals surface area contributed by atoms with Crippen LogP contribution in [0.5, 0.6) is 5.75 Å². The number of hydrogen-bond donors (Lipinski definition) is 2. The molecule has 2 aromatic rings. The van der Waals surface area contributed by atoms with E-state index < -0.39 is 5.91 Å². The van der Waals surface area contributed by atoms with Crippen molar-refractivity contribution >= 4 is 52.9 Å². The second-order valence-electron chi connectivity index (χ2n) is 6.07. The molecule has 3 rings (SSSR count). The average molecular weight is 417 g/mol. The van der Waals surface area contributed by atoms with Gasteiger partial charge in [0.05, 0.1) is 16.3 Å². The minimum atomic E-state index is -0.441. The lowest BCUT2D eigenvalue weighted by molar-refractivity contribution is 0.102. The molecular weight excluding hydrogens is 397 g/mol. The van der Waals surface area contributed by atoms with E-state index in [0.29, 0.717) is 15.7 Å². The Hall–Kier alpha value is -1.66. The molecule has 2 N–H and O–H groups in total. The van der Waals surface area contributed by atoms with Crippen molar-refractivity contribution in [2.45, 2.75) is 0 Å². The number of benzene rings is 2. The van der Waals surface area contributed by atoms with E-state index in [0.717, 1.165) is 31.9 Å². The zero-order valence-corrected chi connectivity index (χ0v) is 16.5. The summed E-state index contributed by atoms with van der Waals surface area (Å²) in [7, 11) is 2.10. The number of aromatic hydroxyl groups is 1. The van der Waals surface area contributed by atoms with Gasteiger partial charge in [-0.25, -0.2) is 0 Å². The minimum Gasteiger partial charge on any atom is -0.507 e. The van der Waals surface area contributed by atoms with Crippen molar-refractivity contribution in [3.63, 3.8) is 0 Å². The van der Waals surface area contributed by atoms with Crippen LogP contribution in [0.4, 0.5) is 11.4 Å². The highest BCUT2D eigenvalue weighted by Gasteiger charge is 2.18. The summed E-state index contributed by atoms with van der Waals surface area (Å²) in [5, 5.41) is 13.5. The van der Waals surface area contributed by atoms with Crippen molar-refractivity contribution in [2.75, 3.05) is 43.4 Å². The summed E-state index contributed by atoms with van der Waals surface area (Å²) in [6.45, 7) is 3.81. The van der Waals surface area contributed by atoms with E-state index in [1.54, 1.807) is 12.1 Å². The van der Waals surface area contributed by atoms with Gasteiger partial charge in [-0.3, -0.25) is 4.79 Å². The Balaban J connectivity index is 0.00000243. The molecule has 5 nitrogen and oxygen atoms in total. The van der Waals surface area contributed by atoms with Crippen LogP contribution in [0.3, 0.4) is 0 Å². The molecule has 0 bridgehead atoms. The first kappa shape index (κ1) is 20.6. The number of likely N-dealkylation sites (N-methyl/N-ethyl adjacent to an activating group) is 1. The molecule has 1 fully saturated rings. The molecule has 1 aliphatic rings. The molecular formula is C18H20Cl3N3O2. The summed E-state index contributed by atoms with van der Waals surface area (Å²) in [5.74, 6) is -0.564. The Bertz CT molecular complexity index is 793. The van der Waals surface area contributed by atoms with Crippen LogP contribution < -0.4 is 10.2 Å². The third kappa shape index (κ3) is 4.74. The second-order valence-corrected chi connectivity index (χ2v) is 6.92. The molecule has 1 amide bonds. The Kier molecular flexibility index (Phi) is 7.01. The van der Waals surface area contributed by atoms with E-state index in [4.69, 9.17) is 23.2 Å². The van der Waals surface area contributed by atoms with Crippen molar-refractivity contribution in [1.82, 2.24) is 4.90 Å². The van der Waals surface area contributed by atoms with Gasteiger partial charge in [0.15, 0.2) is 0 Å². The third-order valence-corrected chi connectivity index (χ3v) is 4.79. The summed E-state index contributed by atoms with van der Waals surface area (Å²) in [6.07, 6.45) is 0. The molecule has 140 valence electrons. The predicted octanol–water partition coefficient (Wildman–Crippen LogP) is 4.12. The van der Waals surface area contributed by atoms with Gasteiger partial charge in [0.25, 0.3) is 5.91 Å². The Morgan fingerprint density at radius 1 is 1.08 bits per heavy atom. The normalized spacial score (nSPS) is 14.7. The van der Waals surface area contributed by atoms with E-state index in [1.165, 1.54) is 18.2 Å². The smallest absolute Gasteiger partial charge is 0.259 e. The monoisotopic (exact) mass is 415 g/mol. The molecule has 2 aromatic carbocycles. The third-order valence-electron chi connectivity index (χ3n) is 4.25. The number of amides is 1. The molecule has 0 atom stereocenters. The molecule has 1 heterocycles. The summed E-state index contributed by atoms with van der Waals surface area (Å²) in [6, 6.07) is 9.76. The maximum absolute atomic E-state index is 12.3. The molecule has 0 radical (unpaired) electrons. The molecule has 0 aliphatic carbocycles. The number of nitrogens with one attached hydrogen (secondary N) is 1. The highest BCUT2D eigenvalue weighted by atomic mass is 35.5. The van der Waals surface area contributed by atoms with Crippen LogP contribution in [0.15, 0.2) is 36.4 Å². The van der Waals surface area contributed by atoms with Crippen LogP contribution >= 0.6 is 35.6 Å². The number of rotatable bonds is 3. The van der Waals surface area contributed by atoms with Gasteiger partial charge in [-0.15, -0.1) is 12.4 Å². The molecule has 1 aliphatic heterocycles. The summed E-state index contributed by atoms with van der Waals surface area (Å²) >= 11 is 12.3. The lowest BCUT2D eigenvalue weighted by Gasteiger charge is -2.34. The van der Waals surface area contributed by atoms with Crippen LogP contribution in [0.1, 0.15) is 10.4 Å². The summed E-state index contributed by atoms with van der Waals surface area (Å²) in [5.41, 5.74) is 1.64. The second kappa shape index (κ2) is 8.82. The fraction of sp³-hybridized carbons (Fsp3) is 0.278. The maximum Gasteiger partial charge on any atom is 0.259 e. The summed E-state index contributed by atoms with van der Waals surface area (Å²) in [4.78, 5) is 16.8. The highest BCUT2D eigenvalue weighted by molar-refractivity contribution is 6.33. The van der Waals surface area contributed by atoms with Gasteiger partial charge in [-0.05, 0) is 43.4 Å². The number of hydrogen-bond acceptors (Lipinski definition) is 4. The fourth-order valence-electron chi connectivity index (χ4n) is 2.78. The van der Waals surface area contributed by atoms with Crippen LogP contribution in [-0.2, 0) is 0 Å². The predicted molar refractivity (Wildman–Crippen MR) is 109 cm³/mol. The fourth-order valence-corrected chi connectivity index (χ4v) is 3.25. The lowest BCUT2D eigenvalue weighted by atomic mass is 10.1. The van der Waals surface area contributed by atoms with Crippen molar-refractivity contribution in [2.24, 2.45) is 0 Å². The molecule has 0 unspecified atom stereocenters. The van der Waals surface area contributed by atoms with E-state index in [9.17, 15) is 9.90 Å². The standard InChI is InChI=1S/C18H19Cl2N3O2.ClH/c1-22-6-8-23(9-7-22)16-4-3-13(11-15(16)20)21-18(25)14-10-12(19)2-5-17(14)24;/h2-5,10-11,24H,6-9H2,1H3,(H,21,25);1H. The van der Waals surface area contributed by atoms with Crippen molar-refractivity contribution in [3.05, 3.63) is 52.0 Å². The molecule has 0 aromatic heterocycles. The number of phenols is 1. The Morgan fingerprint density at radius 3 is 2.42 bits per heavy atom. The van der Waals surface area contributed by atoms with Gasteiger partial charge in [0.2, 0.25) is 0 Å². The minimum absolute atomic E-state index is 0. The first-order valence-electron chi connectivity index (χ1n) is 7.97. The zero-order valence-electron chi connectivity index (χ0n) is 14.2.